The van der Waals surface area contributed by atoms with Gasteiger partial charge in [-0.1, -0.05) is 46.3 Å². The highest BCUT2D eigenvalue weighted by Gasteiger charge is 2.12. The molecule has 0 unspecified atom stereocenters. The highest BCUT2D eigenvalue weighted by molar-refractivity contribution is 9.10. The summed E-state index contributed by atoms with van der Waals surface area (Å²) in [7, 11) is -1.62. The van der Waals surface area contributed by atoms with Crippen LogP contribution in [0.5, 0.6) is 0 Å². The van der Waals surface area contributed by atoms with Crippen LogP contribution in [-0.4, -0.2) is 38.4 Å². The SMILES string of the molecule is CCS(=O)(=O)c1ccc(CC(=O)N=c2sc3cc(Br)ccc3n2CCOC)cc1. The zero-order chi connectivity index (χ0) is 21.0. The topological polar surface area (TPSA) is 77.7 Å². The second kappa shape index (κ2) is 9.34. The van der Waals surface area contributed by atoms with Gasteiger partial charge in [0, 0.05) is 18.1 Å². The lowest BCUT2D eigenvalue weighted by Crippen LogP contribution is -2.19. The Morgan fingerprint density at radius 2 is 1.93 bits per heavy atom. The van der Waals surface area contributed by atoms with Gasteiger partial charge in [0.2, 0.25) is 0 Å². The van der Waals surface area contributed by atoms with Crippen molar-refractivity contribution in [2.24, 2.45) is 4.99 Å². The average Bonchev–Trinajstić information content (AvgIpc) is 3.02. The van der Waals surface area contributed by atoms with Crippen molar-refractivity contribution in [1.29, 1.82) is 0 Å². The normalized spacial score (nSPS) is 12.6. The third kappa shape index (κ3) is 5.22. The van der Waals surface area contributed by atoms with Crippen molar-refractivity contribution in [2.45, 2.75) is 24.8 Å². The van der Waals surface area contributed by atoms with E-state index in [9.17, 15) is 13.2 Å². The fourth-order valence-electron chi connectivity index (χ4n) is 2.83. The minimum Gasteiger partial charge on any atom is -0.383 e. The molecule has 3 rings (SSSR count). The molecule has 0 saturated carbocycles. The van der Waals surface area contributed by atoms with Crippen LogP contribution in [0, 0.1) is 0 Å². The largest absolute Gasteiger partial charge is 0.383 e. The Hall–Kier alpha value is -1.81. The van der Waals surface area contributed by atoms with Crippen LogP contribution < -0.4 is 4.80 Å². The van der Waals surface area contributed by atoms with Crippen molar-refractivity contribution in [2.75, 3.05) is 19.5 Å². The number of thiazole rings is 1. The molecule has 29 heavy (non-hydrogen) atoms. The van der Waals surface area contributed by atoms with E-state index in [1.165, 1.54) is 23.5 Å². The third-order valence-corrected chi connectivity index (χ3v) is 7.69. The van der Waals surface area contributed by atoms with Crippen molar-refractivity contribution >= 4 is 53.2 Å². The first-order valence-electron chi connectivity index (χ1n) is 9.01. The van der Waals surface area contributed by atoms with Gasteiger partial charge in [0.15, 0.2) is 14.6 Å². The van der Waals surface area contributed by atoms with Gasteiger partial charge in [0.1, 0.15) is 0 Å². The van der Waals surface area contributed by atoms with E-state index >= 15 is 0 Å². The molecule has 1 amide bonds. The van der Waals surface area contributed by atoms with E-state index in [2.05, 4.69) is 20.9 Å². The zero-order valence-corrected chi connectivity index (χ0v) is 19.3. The Morgan fingerprint density at radius 3 is 2.59 bits per heavy atom. The average molecular weight is 497 g/mol. The molecular formula is C20H21BrN2O4S2. The predicted molar refractivity (Wildman–Crippen MR) is 118 cm³/mol. The van der Waals surface area contributed by atoms with Crippen LogP contribution in [0.1, 0.15) is 12.5 Å². The molecule has 2 aromatic carbocycles. The summed E-state index contributed by atoms with van der Waals surface area (Å²) in [6.45, 7) is 2.71. The van der Waals surface area contributed by atoms with Gasteiger partial charge in [-0.15, -0.1) is 0 Å². The maximum atomic E-state index is 12.6. The predicted octanol–water partition coefficient (Wildman–Crippen LogP) is 3.58. The summed E-state index contributed by atoms with van der Waals surface area (Å²) in [5.74, 6) is -0.239. The molecule has 0 radical (unpaired) electrons. The zero-order valence-electron chi connectivity index (χ0n) is 16.1. The quantitative estimate of drug-likeness (QED) is 0.500. The van der Waals surface area contributed by atoms with Crippen LogP contribution in [0.4, 0.5) is 0 Å². The van der Waals surface area contributed by atoms with E-state index in [1.54, 1.807) is 26.2 Å². The van der Waals surface area contributed by atoms with E-state index in [0.717, 1.165) is 20.3 Å². The molecule has 0 spiro atoms. The Bertz CT molecular complexity index is 1200. The number of amides is 1. The Labute approximate surface area is 181 Å². The molecule has 6 nitrogen and oxygen atoms in total. The van der Waals surface area contributed by atoms with Gasteiger partial charge in [-0.25, -0.2) is 8.42 Å². The number of methoxy groups -OCH3 is 1. The van der Waals surface area contributed by atoms with Crippen LogP contribution >= 0.6 is 27.3 Å². The molecule has 9 heteroatoms. The lowest BCUT2D eigenvalue weighted by molar-refractivity contribution is -0.117. The number of benzene rings is 2. The Balaban J connectivity index is 1.89. The van der Waals surface area contributed by atoms with Gasteiger partial charge >= 0.3 is 0 Å². The standard InChI is InChI=1S/C20H21BrN2O4S2/c1-3-29(25,26)16-7-4-14(5-8-16)12-19(24)22-20-23(10-11-27-2)17-9-6-15(21)13-18(17)28-20/h4-9,13H,3,10-12H2,1-2H3. The summed E-state index contributed by atoms with van der Waals surface area (Å²) in [5.41, 5.74) is 1.72. The summed E-state index contributed by atoms with van der Waals surface area (Å²) in [6, 6.07) is 12.3. The fraction of sp³-hybridized carbons (Fsp3) is 0.300. The molecule has 0 aliphatic rings. The van der Waals surface area contributed by atoms with Crippen molar-refractivity contribution in [3.63, 3.8) is 0 Å². The molecule has 0 fully saturated rings. The molecular weight excluding hydrogens is 476 g/mol. The summed E-state index contributed by atoms with van der Waals surface area (Å²) in [5, 5.41) is 0. The summed E-state index contributed by atoms with van der Waals surface area (Å²) >= 11 is 4.92. The maximum Gasteiger partial charge on any atom is 0.252 e. The summed E-state index contributed by atoms with van der Waals surface area (Å²) < 4.78 is 33.0. The van der Waals surface area contributed by atoms with Gasteiger partial charge in [0.05, 0.1) is 33.9 Å². The second-order valence-corrected chi connectivity index (χ2v) is 10.6. The van der Waals surface area contributed by atoms with Crippen molar-refractivity contribution < 1.29 is 17.9 Å². The summed E-state index contributed by atoms with van der Waals surface area (Å²) in [6.07, 6.45) is 0.106. The number of fused-ring (bicyclic) bond motifs is 1. The molecule has 0 N–H and O–H groups in total. The first-order chi connectivity index (χ1) is 13.8. The van der Waals surface area contributed by atoms with Gasteiger partial charge in [-0.2, -0.15) is 4.99 Å². The number of hydrogen-bond acceptors (Lipinski definition) is 5. The number of aromatic nitrogens is 1. The fourth-order valence-corrected chi connectivity index (χ4v) is 5.34. The van der Waals surface area contributed by atoms with Gasteiger partial charge in [-0.3, -0.25) is 4.79 Å². The molecule has 0 aliphatic carbocycles. The number of sulfone groups is 1. The van der Waals surface area contributed by atoms with Gasteiger partial charge < -0.3 is 9.30 Å². The number of nitrogens with zero attached hydrogens (tertiary/aromatic N) is 2. The minimum atomic E-state index is -3.25. The first kappa shape index (κ1) is 21.9. The Morgan fingerprint density at radius 1 is 1.21 bits per heavy atom. The molecule has 154 valence electrons. The smallest absolute Gasteiger partial charge is 0.252 e. The number of carbonyl (C=O) groups excluding carboxylic acids is 1. The van der Waals surface area contributed by atoms with E-state index < -0.39 is 9.84 Å². The van der Waals surface area contributed by atoms with E-state index in [-0.39, 0.29) is 23.0 Å². The lowest BCUT2D eigenvalue weighted by atomic mass is 10.1. The van der Waals surface area contributed by atoms with E-state index in [0.29, 0.717) is 18.0 Å². The van der Waals surface area contributed by atoms with Crippen LogP contribution in [0.2, 0.25) is 0 Å². The number of hydrogen-bond donors (Lipinski definition) is 0. The van der Waals surface area contributed by atoms with Crippen LogP contribution in [0.25, 0.3) is 10.2 Å². The molecule has 0 bridgehead atoms. The third-order valence-electron chi connectivity index (χ3n) is 4.40. The monoisotopic (exact) mass is 496 g/mol. The highest BCUT2D eigenvalue weighted by Crippen LogP contribution is 2.22. The number of rotatable bonds is 7. The van der Waals surface area contributed by atoms with E-state index in [4.69, 9.17) is 4.74 Å². The van der Waals surface area contributed by atoms with Gasteiger partial charge in [-0.05, 0) is 35.9 Å². The molecule has 3 aromatic rings. The van der Waals surface area contributed by atoms with Crippen molar-refractivity contribution in [1.82, 2.24) is 4.57 Å². The molecule has 0 aliphatic heterocycles. The van der Waals surface area contributed by atoms with E-state index in [1.807, 2.05) is 22.8 Å². The van der Waals surface area contributed by atoms with Crippen LogP contribution in [0.15, 0.2) is 56.8 Å². The minimum absolute atomic E-state index is 0.0458. The second-order valence-electron chi connectivity index (χ2n) is 6.37. The van der Waals surface area contributed by atoms with Crippen molar-refractivity contribution in [3.05, 3.63) is 57.3 Å². The number of ether oxygens (including phenoxy) is 1. The lowest BCUT2D eigenvalue weighted by Gasteiger charge is -2.04. The van der Waals surface area contributed by atoms with Crippen molar-refractivity contribution in [3.8, 4) is 0 Å². The Kier molecular flexibility index (Phi) is 7.05. The molecule has 0 atom stereocenters. The molecule has 0 saturated heterocycles. The molecule has 1 aromatic heterocycles. The first-order valence-corrected chi connectivity index (χ1v) is 12.3. The van der Waals surface area contributed by atoms with Gasteiger partial charge in [0.25, 0.3) is 5.91 Å². The molecule has 1 heterocycles. The summed E-state index contributed by atoms with van der Waals surface area (Å²) in [4.78, 5) is 17.8. The van der Waals surface area contributed by atoms with Crippen LogP contribution in [0.3, 0.4) is 0 Å². The highest BCUT2D eigenvalue weighted by atomic mass is 79.9. The number of halogens is 1. The van der Waals surface area contributed by atoms with Crippen LogP contribution in [-0.2, 0) is 32.3 Å². The number of carbonyl (C=O) groups is 1. The maximum absolute atomic E-state index is 12.6.